The number of phenolic OH excluding ortho intramolecular Hbond substituents is 1. The van der Waals surface area contributed by atoms with E-state index in [2.05, 4.69) is 4.98 Å². The van der Waals surface area contributed by atoms with Crippen LogP contribution in [-0.2, 0) is 0 Å². The maximum atomic E-state index is 14.0. The minimum atomic E-state index is -0.577. The molecule has 5 rings (SSSR count). The summed E-state index contributed by atoms with van der Waals surface area (Å²) in [5.41, 5.74) is 2.96. The van der Waals surface area contributed by atoms with E-state index in [0.717, 1.165) is 6.07 Å². The lowest BCUT2D eigenvalue weighted by Crippen LogP contribution is -2.01. The van der Waals surface area contributed by atoms with E-state index in [4.69, 9.17) is 0 Å². The van der Waals surface area contributed by atoms with Gasteiger partial charge >= 0.3 is 0 Å². The standard InChI is InChI=1S/C24H10FN3O2/c25-13-6-7-14-17(9-13)19(12(10-26)11-27)22(24(14)30)20-15-3-1-5-18(29)21(15)23-16(20)4-2-8-28-23/h1-9,29H/b22-20-. The molecular weight excluding hydrogens is 381 g/mol. The minimum Gasteiger partial charge on any atom is -0.507 e. The summed E-state index contributed by atoms with van der Waals surface area (Å²) in [5.74, 6) is -0.987. The fourth-order valence-corrected chi connectivity index (χ4v) is 4.16. The van der Waals surface area contributed by atoms with Crippen LogP contribution >= 0.6 is 0 Å². The van der Waals surface area contributed by atoms with Gasteiger partial charge in [0, 0.05) is 34.0 Å². The van der Waals surface area contributed by atoms with Crippen molar-refractivity contribution < 1.29 is 14.3 Å². The fraction of sp³-hybridized carbons (Fsp3) is 0. The van der Waals surface area contributed by atoms with Crippen molar-refractivity contribution in [1.82, 2.24) is 4.98 Å². The zero-order chi connectivity index (χ0) is 21.0. The van der Waals surface area contributed by atoms with E-state index in [1.54, 1.807) is 30.5 Å². The van der Waals surface area contributed by atoms with E-state index >= 15 is 0 Å². The van der Waals surface area contributed by atoms with Gasteiger partial charge in [-0.2, -0.15) is 10.5 Å². The van der Waals surface area contributed by atoms with Crippen LogP contribution in [0.25, 0.3) is 22.4 Å². The van der Waals surface area contributed by atoms with Crippen molar-refractivity contribution in [1.29, 1.82) is 10.5 Å². The quantitative estimate of drug-likeness (QED) is 0.354. The van der Waals surface area contributed by atoms with Crippen molar-refractivity contribution in [2.24, 2.45) is 0 Å². The Labute approximate surface area is 170 Å². The molecule has 0 unspecified atom stereocenters. The molecule has 0 atom stereocenters. The molecule has 2 aliphatic rings. The number of carbonyl (C=O) groups is 1. The highest BCUT2D eigenvalue weighted by atomic mass is 19.1. The molecule has 0 saturated heterocycles. The Morgan fingerprint density at radius 2 is 1.70 bits per heavy atom. The van der Waals surface area contributed by atoms with Gasteiger partial charge in [-0.15, -0.1) is 0 Å². The van der Waals surface area contributed by atoms with Crippen LogP contribution in [0, 0.1) is 28.5 Å². The van der Waals surface area contributed by atoms with Crippen LogP contribution in [0.1, 0.15) is 27.0 Å². The summed E-state index contributed by atoms with van der Waals surface area (Å²) in [4.78, 5) is 17.8. The van der Waals surface area contributed by atoms with Gasteiger partial charge in [0.2, 0.25) is 0 Å². The van der Waals surface area contributed by atoms with Crippen molar-refractivity contribution in [2.45, 2.75) is 0 Å². The van der Waals surface area contributed by atoms with Crippen LogP contribution in [0.3, 0.4) is 0 Å². The molecular formula is C24H10FN3O2. The molecule has 0 fully saturated rings. The average Bonchev–Trinajstić information content (AvgIpc) is 3.22. The molecule has 6 heteroatoms. The Kier molecular flexibility index (Phi) is 3.64. The summed E-state index contributed by atoms with van der Waals surface area (Å²) in [6.07, 6.45) is 1.58. The SMILES string of the molecule is N#CC(C#N)=C1/C(=C2/c3cccnc3-c3c(O)cccc32)C(=O)c2ccc(F)cc21. The second-order valence-electron chi connectivity index (χ2n) is 6.84. The first-order valence-corrected chi connectivity index (χ1v) is 8.98. The van der Waals surface area contributed by atoms with Crippen molar-refractivity contribution in [2.75, 3.05) is 0 Å². The van der Waals surface area contributed by atoms with Crippen LogP contribution in [0.2, 0.25) is 0 Å². The number of nitrogens with zero attached hydrogens (tertiary/aromatic N) is 3. The fourth-order valence-electron chi connectivity index (χ4n) is 4.16. The van der Waals surface area contributed by atoms with E-state index in [-0.39, 0.29) is 33.6 Å². The monoisotopic (exact) mass is 391 g/mol. The number of hydrogen-bond acceptors (Lipinski definition) is 5. The molecule has 1 heterocycles. The molecule has 2 aliphatic carbocycles. The van der Waals surface area contributed by atoms with Crippen LogP contribution < -0.4 is 0 Å². The number of halogens is 1. The molecule has 1 aromatic heterocycles. The molecule has 0 bridgehead atoms. The lowest BCUT2D eigenvalue weighted by atomic mass is 9.91. The molecule has 0 saturated carbocycles. The highest BCUT2D eigenvalue weighted by molar-refractivity contribution is 6.33. The Morgan fingerprint density at radius 3 is 2.47 bits per heavy atom. The molecule has 3 aromatic rings. The normalized spacial score (nSPS) is 15.8. The number of hydrogen-bond donors (Lipinski definition) is 1. The largest absolute Gasteiger partial charge is 0.507 e. The maximum Gasteiger partial charge on any atom is 0.194 e. The highest BCUT2D eigenvalue weighted by Crippen LogP contribution is 2.52. The summed E-state index contributed by atoms with van der Waals surface area (Å²) in [5, 5.41) is 29.6. The number of phenols is 1. The van der Waals surface area contributed by atoms with Gasteiger partial charge in [-0.05, 0) is 41.5 Å². The third kappa shape index (κ3) is 2.19. The number of pyridine rings is 1. The number of carbonyl (C=O) groups excluding carboxylic acids is 1. The minimum absolute atomic E-state index is 0.00312. The van der Waals surface area contributed by atoms with Gasteiger partial charge in [0.15, 0.2) is 5.78 Å². The predicted octanol–water partition coefficient (Wildman–Crippen LogP) is 4.41. The molecule has 5 nitrogen and oxygen atoms in total. The topological polar surface area (TPSA) is 97.8 Å². The first kappa shape index (κ1) is 17.5. The Bertz CT molecular complexity index is 1440. The second kappa shape index (κ2) is 6.23. The molecule has 1 N–H and O–H groups in total. The number of ketones is 1. The Morgan fingerprint density at radius 1 is 0.933 bits per heavy atom. The average molecular weight is 391 g/mol. The first-order chi connectivity index (χ1) is 14.6. The molecule has 2 aromatic carbocycles. The van der Waals surface area contributed by atoms with E-state index in [1.165, 1.54) is 18.2 Å². The van der Waals surface area contributed by atoms with Crippen LogP contribution in [0.15, 0.2) is 65.9 Å². The van der Waals surface area contributed by atoms with Gasteiger partial charge < -0.3 is 5.11 Å². The first-order valence-electron chi connectivity index (χ1n) is 8.98. The molecule has 30 heavy (non-hydrogen) atoms. The van der Waals surface area contributed by atoms with Gasteiger partial charge in [-0.25, -0.2) is 4.39 Å². The Hall–Kier alpha value is -4.55. The molecule has 140 valence electrons. The third-order valence-corrected chi connectivity index (χ3v) is 5.32. The highest BCUT2D eigenvalue weighted by Gasteiger charge is 2.39. The molecule has 0 spiro atoms. The number of aromatic hydroxyl groups is 1. The van der Waals surface area contributed by atoms with Gasteiger partial charge in [-0.3, -0.25) is 9.78 Å². The summed E-state index contributed by atoms with van der Waals surface area (Å²) in [7, 11) is 0. The van der Waals surface area contributed by atoms with E-state index in [9.17, 15) is 24.8 Å². The maximum absolute atomic E-state index is 14.0. The summed E-state index contributed by atoms with van der Waals surface area (Å²) in [6.45, 7) is 0. The third-order valence-electron chi connectivity index (χ3n) is 5.32. The van der Waals surface area contributed by atoms with Crippen molar-refractivity contribution in [3.63, 3.8) is 0 Å². The van der Waals surface area contributed by atoms with E-state index in [1.807, 2.05) is 12.1 Å². The number of Topliss-reactive ketones (excluding diaryl/α,β-unsaturated/α-hetero) is 1. The van der Waals surface area contributed by atoms with Gasteiger partial charge in [0.25, 0.3) is 0 Å². The van der Waals surface area contributed by atoms with Crippen LogP contribution in [0.4, 0.5) is 4.39 Å². The summed E-state index contributed by atoms with van der Waals surface area (Å²) in [6, 6.07) is 15.7. The number of benzene rings is 2. The zero-order valence-corrected chi connectivity index (χ0v) is 15.3. The second-order valence-corrected chi connectivity index (χ2v) is 6.84. The van der Waals surface area contributed by atoms with Crippen molar-refractivity contribution >= 4 is 16.9 Å². The van der Waals surface area contributed by atoms with Crippen LogP contribution in [-0.4, -0.2) is 15.9 Å². The smallest absolute Gasteiger partial charge is 0.194 e. The number of aromatic nitrogens is 1. The van der Waals surface area contributed by atoms with E-state index in [0.29, 0.717) is 28.0 Å². The lowest BCUT2D eigenvalue weighted by Gasteiger charge is -2.09. The van der Waals surface area contributed by atoms with Gasteiger partial charge in [-0.1, -0.05) is 18.2 Å². The van der Waals surface area contributed by atoms with Crippen molar-refractivity contribution in [3.8, 4) is 29.1 Å². The molecule has 0 aliphatic heterocycles. The summed E-state index contributed by atoms with van der Waals surface area (Å²) >= 11 is 0. The zero-order valence-electron chi connectivity index (χ0n) is 15.3. The predicted molar refractivity (Wildman–Crippen MR) is 106 cm³/mol. The molecule has 0 radical (unpaired) electrons. The number of rotatable bonds is 0. The summed E-state index contributed by atoms with van der Waals surface area (Å²) < 4.78 is 14.0. The lowest BCUT2D eigenvalue weighted by molar-refractivity contribution is 0.104. The van der Waals surface area contributed by atoms with Gasteiger partial charge in [0.1, 0.15) is 29.3 Å². The number of fused-ring (bicyclic) bond motifs is 4. The van der Waals surface area contributed by atoms with Crippen LogP contribution in [0.5, 0.6) is 5.75 Å². The number of nitriles is 2. The Balaban J connectivity index is 1.99. The van der Waals surface area contributed by atoms with Gasteiger partial charge in [0.05, 0.1) is 11.3 Å². The molecule has 0 amide bonds. The van der Waals surface area contributed by atoms with Crippen molar-refractivity contribution in [3.05, 3.63) is 93.9 Å². The number of allylic oxidation sites excluding steroid dienone is 3. The van der Waals surface area contributed by atoms with E-state index < -0.39 is 11.6 Å².